The number of ether oxygens (including phenoxy) is 1. The van der Waals surface area contributed by atoms with E-state index in [1.165, 1.54) is 12.1 Å². The molecule has 0 fully saturated rings. The Kier molecular flexibility index (Phi) is 3.51. The Bertz CT molecular complexity index is 648. The van der Waals surface area contributed by atoms with Crippen molar-refractivity contribution >= 4 is 17.3 Å². The number of hydrogen-bond donors (Lipinski definition) is 2. The van der Waals surface area contributed by atoms with Crippen LogP contribution in [0.2, 0.25) is 5.02 Å². The van der Waals surface area contributed by atoms with Gasteiger partial charge in [0.15, 0.2) is 5.75 Å². The van der Waals surface area contributed by atoms with Crippen LogP contribution < -0.4 is 15.8 Å². The first-order chi connectivity index (χ1) is 9.67. The van der Waals surface area contributed by atoms with Crippen molar-refractivity contribution in [2.24, 2.45) is 5.73 Å². The van der Waals surface area contributed by atoms with Gasteiger partial charge in [0.25, 0.3) is 0 Å². The van der Waals surface area contributed by atoms with E-state index >= 15 is 0 Å². The predicted molar refractivity (Wildman–Crippen MR) is 78.8 cm³/mol. The fourth-order valence-corrected chi connectivity index (χ4v) is 2.48. The van der Waals surface area contributed by atoms with Crippen molar-refractivity contribution in [1.29, 1.82) is 0 Å². The molecule has 0 saturated carbocycles. The highest BCUT2D eigenvalue weighted by atomic mass is 35.5. The third kappa shape index (κ3) is 2.44. The van der Waals surface area contributed by atoms with Gasteiger partial charge in [-0.3, -0.25) is 0 Å². The molecule has 20 heavy (non-hydrogen) atoms. The first-order valence-corrected chi connectivity index (χ1v) is 6.75. The Morgan fingerprint density at radius 3 is 2.95 bits per heavy atom. The zero-order valence-corrected chi connectivity index (χ0v) is 11.5. The Morgan fingerprint density at radius 1 is 1.35 bits per heavy atom. The number of benzene rings is 2. The van der Waals surface area contributed by atoms with E-state index in [0.717, 1.165) is 5.56 Å². The topological polar surface area (TPSA) is 47.3 Å². The summed E-state index contributed by atoms with van der Waals surface area (Å²) in [6, 6.07) is 10.1. The minimum atomic E-state index is -0.318. The van der Waals surface area contributed by atoms with Crippen molar-refractivity contribution in [3.63, 3.8) is 0 Å². The summed E-state index contributed by atoms with van der Waals surface area (Å²) in [5, 5.41) is 3.75. The van der Waals surface area contributed by atoms with Crippen molar-refractivity contribution in [2.75, 3.05) is 18.4 Å². The summed E-state index contributed by atoms with van der Waals surface area (Å²) in [6.45, 7) is 0.973. The van der Waals surface area contributed by atoms with E-state index in [4.69, 9.17) is 22.1 Å². The van der Waals surface area contributed by atoms with Gasteiger partial charge in [0.1, 0.15) is 11.9 Å². The molecule has 0 saturated heterocycles. The molecule has 2 aromatic carbocycles. The maximum atomic E-state index is 13.8. The van der Waals surface area contributed by atoms with Crippen LogP contribution in [0.3, 0.4) is 0 Å². The molecule has 1 unspecified atom stereocenters. The molecule has 3 rings (SSSR count). The van der Waals surface area contributed by atoms with E-state index in [0.29, 0.717) is 35.1 Å². The van der Waals surface area contributed by atoms with Crippen molar-refractivity contribution in [3.8, 4) is 16.9 Å². The maximum Gasteiger partial charge on any atom is 0.151 e. The number of hydrogen-bond acceptors (Lipinski definition) is 3. The summed E-state index contributed by atoms with van der Waals surface area (Å²) in [6.07, 6.45) is -0.120. The van der Waals surface area contributed by atoms with Crippen molar-refractivity contribution < 1.29 is 9.13 Å². The first kappa shape index (κ1) is 13.2. The molecule has 1 heterocycles. The molecule has 0 radical (unpaired) electrons. The Labute approximate surface area is 121 Å². The molecule has 0 bridgehead atoms. The normalized spacial score (nSPS) is 17.1. The highest BCUT2D eigenvalue weighted by molar-refractivity contribution is 6.30. The summed E-state index contributed by atoms with van der Waals surface area (Å²) in [4.78, 5) is 0. The van der Waals surface area contributed by atoms with Gasteiger partial charge in [0, 0.05) is 23.2 Å². The van der Waals surface area contributed by atoms with E-state index in [9.17, 15) is 4.39 Å². The zero-order chi connectivity index (χ0) is 14.1. The number of rotatable bonds is 2. The molecular weight excluding hydrogens is 279 g/mol. The molecule has 0 aliphatic carbocycles. The lowest BCUT2D eigenvalue weighted by Crippen LogP contribution is -2.37. The zero-order valence-electron chi connectivity index (χ0n) is 10.7. The van der Waals surface area contributed by atoms with Crippen LogP contribution >= 0.6 is 11.6 Å². The summed E-state index contributed by atoms with van der Waals surface area (Å²) in [5.41, 5.74) is 7.77. The molecule has 1 atom stereocenters. The monoisotopic (exact) mass is 292 g/mol. The lowest BCUT2D eigenvalue weighted by Gasteiger charge is -2.28. The van der Waals surface area contributed by atoms with Gasteiger partial charge in [-0.25, -0.2) is 4.39 Å². The molecular formula is C15H14ClFN2O. The second-order valence-electron chi connectivity index (χ2n) is 4.70. The molecule has 5 heteroatoms. The molecule has 0 spiro atoms. The van der Waals surface area contributed by atoms with Gasteiger partial charge in [-0.1, -0.05) is 23.7 Å². The summed E-state index contributed by atoms with van der Waals surface area (Å²) in [7, 11) is 0. The Balaban J connectivity index is 2.13. The van der Waals surface area contributed by atoms with Crippen LogP contribution in [0.25, 0.3) is 11.1 Å². The average molecular weight is 293 g/mol. The molecule has 3 N–H and O–H groups in total. The van der Waals surface area contributed by atoms with Crippen LogP contribution in [-0.2, 0) is 0 Å². The van der Waals surface area contributed by atoms with Gasteiger partial charge < -0.3 is 15.8 Å². The van der Waals surface area contributed by atoms with Crippen LogP contribution in [0, 0.1) is 5.82 Å². The van der Waals surface area contributed by atoms with Gasteiger partial charge in [-0.2, -0.15) is 0 Å². The van der Waals surface area contributed by atoms with Crippen LogP contribution in [0.4, 0.5) is 10.1 Å². The van der Waals surface area contributed by atoms with Gasteiger partial charge >= 0.3 is 0 Å². The third-order valence-electron chi connectivity index (χ3n) is 3.26. The minimum Gasteiger partial charge on any atom is -0.484 e. The fourth-order valence-electron chi connectivity index (χ4n) is 2.29. The highest BCUT2D eigenvalue weighted by Gasteiger charge is 2.22. The van der Waals surface area contributed by atoms with Gasteiger partial charge in [-0.05, 0) is 23.8 Å². The number of nitrogens with two attached hydrogens (primary N) is 1. The maximum absolute atomic E-state index is 13.8. The lowest BCUT2D eigenvalue weighted by molar-refractivity contribution is 0.215. The van der Waals surface area contributed by atoms with Crippen molar-refractivity contribution in [3.05, 3.63) is 47.2 Å². The molecule has 1 aliphatic rings. The molecule has 0 amide bonds. The highest BCUT2D eigenvalue weighted by Crippen LogP contribution is 2.40. The third-order valence-corrected chi connectivity index (χ3v) is 3.49. The van der Waals surface area contributed by atoms with Gasteiger partial charge in [0.2, 0.25) is 0 Å². The number of halogens is 2. The molecule has 0 aromatic heterocycles. The predicted octanol–water partition coefficient (Wildman–Crippen LogP) is 3.28. The Hall–Kier alpha value is -1.78. The SMILES string of the molecule is NCC1CNc2cc(F)cc(-c3cccc(Cl)c3)c2O1. The number of fused-ring (bicyclic) bond motifs is 1. The van der Waals surface area contributed by atoms with Crippen molar-refractivity contribution in [1.82, 2.24) is 0 Å². The van der Waals surface area contributed by atoms with Crippen LogP contribution in [-0.4, -0.2) is 19.2 Å². The van der Waals surface area contributed by atoms with Gasteiger partial charge in [0.05, 0.1) is 12.2 Å². The van der Waals surface area contributed by atoms with E-state index in [2.05, 4.69) is 5.32 Å². The fraction of sp³-hybridized carbons (Fsp3) is 0.200. The quantitative estimate of drug-likeness (QED) is 0.893. The largest absolute Gasteiger partial charge is 0.484 e. The second-order valence-corrected chi connectivity index (χ2v) is 5.13. The molecule has 3 nitrogen and oxygen atoms in total. The van der Waals surface area contributed by atoms with E-state index in [1.807, 2.05) is 12.1 Å². The van der Waals surface area contributed by atoms with Crippen LogP contribution in [0.15, 0.2) is 36.4 Å². The smallest absolute Gasteiger partial charge is 0.151 e. The van der Waals surface area contributed by atoms with Gasteiger partial charge in [-0.15, -0.1) is 0 Å². The summed E-state index contributed by atoms with van der Waals surface area (Å²) < 4.78 is 19.6. The molecule has 2 aromatic rings. The van der Waals surface area contributed by atoms with E-state index in [-0.39, 0.29) is 11.9 Å². The van der Waals surface area contributed by atoms with Crippen molar-refractivity contribution in [2.45, 2.75) is 6.10 Å². The second kappa shape index (κ2) is 5.31. The summed E-state index contributed by atoms with van der Waals surface area (Å²) >= 11 is 6.00. The standard InChI is InChI=1S/C15H14ClFN2O/c16-10-3-1-2-9(4-10)13-5-11(17)6-14-15(13)20-12(7-18)8-19-14/h1-6,12,19H,7-8,18H2. The molecule has 1 aliphatic heterocycles. The molecule has 104 valence electrons. The number of anilines is 1. The van der Waals surface area contributed by atoms with Crippen LogP contribution in [0.5, 0.6) is 5.75 Å². The van der Waals surface area contributed by atoms with Crippen LogP contribution in [0.1, 0.15) is 0 Å². The average Bonchev–Trinajstić information content (AvgIpc) is 2.46. The van der Waals surface area contributed by atoms with E-state index < -0.39 is 0 Å². The minimum absolute atomic E-state index is 0.120. The van der Waals surface area contributed by atoms with E-state index in [1.54, 1.807) is 12.1 Å². The Morgan fingerprint density at radius 2 is 2.20 bits per heavy atom. The first-order valence-electron chi connectivity index (χ1n) is 6.37. The summed E-state index contributed by atoms with van der Waals surface area (Å²) in [5.74, 6) is 0.302. The lowest BCUT2D eigenvalue weighted by atomic mass is 10.0. The number of nitrogens with one attached hydrogen (secondary N) is 1.